The highest BCUT2D eigenvalue weighted by molar-refractivity contribution is 5.21. The van der Waals surface area contributed by atoms with Gasteiger partial charge >= 0.3 is 0 Å². The van der Waals surface area contributed by atoms with Crippen molar-refractivity contribution in [2.24, 2.45) is 5.73 Å². The molecule has 8 N–H and O–H groups in total. The van der Waals surface area contributed by atoms with Gasteiger partial charge in [-0.25, -0.2) is 0 Å². The van der Waals surface area contributed by atoms with E-state index in [0.29, 0.717) is 18.7 Å². The standard InChI is InChI=1S/C23H37NO11/c24-9-5-2-6-10-31-22-20(30)18(28)21(15(34-22)12-32-13-7-3-1-4-8-13)35-23-19(29)17(27)16(26)14(11-25)33-23/h1,3-4,7-8,14-23,25-30H,2,5-6,9-12,24H2/t14?,15?,16-,17-,18+,19?,20?,21+,22+,23-/m0/s1. The summed E-state index contributed by atoms with van der Waals surface area (Å²) in [6.07, 6.45) is -11.7. The monoisotopic (exact) mass is 503 g/mol. The van der Waals surface area contributed by atoms with Crippen LogP contribution < -0.4 is 10.5 Å². The second-order valence-corrected chi connectivity index (χ2v) is 8.67. The predicted molar refractivity (Wildman–Crippen MR) is 120 cm³/mol. The summed E-state index contributed by atoms with van der Waals surface area (Å²) in [6, 6.07) is 8.85. The van der Waals surface area contributed by atoms with Crippen LogP contribution in [-0.2, 0) is 18.9 Å². The molecule has 2 aliphatic rings. The molecule has 2 aliphatic heterocycles. The molecule has 0 bridgehead atoms. The zero-order valence-corrected chi connectivity index (χ0v) is 19.4. The summed E-state index contributed by atoms with van der Waals surface area (Å²) in [7, 11) is 0. The van der Waals surface area contributed by atoms with Gasteiger partial charge in [0.15, 0.2) is 12.6 Å². The molecule has 1 aromatic carbocycles. The SMILES string of the molecule is NCCCCCO[C@@H]1OC(COc2ccccc2)[C@@H](O[C@@H]2OC(CO)[C@H](O)[C@H](O)C2O)[C@H](O)C1O. The van der Waals surface area contributed by atoms with Gasteiger partial charge in [0.25, 0.3) is 0 Å². The molecule has 10 atom stereocenters. The molecule has 0 aromatic heterocycles. The van der Waals surface area contributed by atoms with Crippen LogP contribution in [-0.4, -0.2) is 118 Å². The molecule has 0 radical (unpaired) electrons. The number of hydrogen-bond acceptors (Lipinski definition) is 12. The third-order valence-electron chi connectivity index (χ3n) is 6.07. The zero-order chi connectivity index (χ0) is 25.4. The van der Waals surface area contributed by atoms with E-state index in [-0.39, 0.29) is 13.2 Å². The van der Waals surface area contributed by atoms with Gasteiger partial charge in [-0.1, -0.05) is 18.2 Å². The summed E-state index contributed by atoms with van der Waals surface area (Å²) in [4.78, 5) is 0. The minimum atomic E-state index is -1.69. The Morgan fingerprint density at radius 3 is 2.14 bits per heavy atom. The van der Waals surface area contributed by atoms with Gasteiger partial charge in [-0.3, -0.25) is 0 Å². The first kappa shape index (κ1) is 28.2. The van der Waals surface area contributed by atoms with E-state index in [1.807, 2.05) is 6.07 Å². The summed E-state index contributed by atoms with van der Waals surface area (Å²) < 4.78 is 28.4. The van der Waals surface area contributed by atoms with E-state index in [1.54, 1.807) is 24.3 Å². The Morgan fingerprint density at radius 1 is 0.771 bits per heavy atom. The van der Waals surface area contributed by atoms with Crippen molar-refractivity contribution in [3.8, 4) is 5.75 Å². The molecule has 3 rings (SSSR count). The van der Waals surface area contributed by atoms with Crippen LogP contribution in [0.1, 0.15) is 19.3 Å². The van der Waals surface area contributed by atoms with Crippen molar-refractivity contribution in [1.29, 1.82) is 0 Å². The number of nitrogens with two attached hydrogens (primary N) is 1. The van der Waals surface area contributed by atoms with Crippen LogP contribution in [0.4, 0.5) is 0 Å². The predicted octanol–water partition coefficient (Wildman–Crippen LogP) is -2.16. The van der Waals surface area contributed by atoms with Crippen LogP contribution in [0.15, 0.2) is 30.3 Å². The first-order valence-electron chi connectivity index (χ1n) is 11.8. The van der Waals surface area contributed by atoms with Gasteiger partial charge in [0.05, 0.1) is 6.61 Å². The topological polar surface area (TPSA) is 194 Å². The number of aliphatic hydroxyl groups excluding tert-OH is 6. The van der Waals surface area contributed by atoms with Gasteiger partial charge in [0.2, 0.25) is 0 Å². The van der Waals surface area contributed by atoms with Gasteiger partial charge in [-0.15, -0.1) is 0 Å². The fourth-order valence-corrected chi connectivity index (χ4v) is 4.00. The van der Waals surface area contributed by atoms with E-state index in [1.165, 1.54) is 0 Å². The minimum absolute atomic E-state index is 0.108. The van der Waals surface area contributed by atoms with E-state index in [4.69, 9.17) is 29.4 Å². The highest BCUT2D eigenvalue weighted by atomic mass is 16.7. The van der Waals surface area contributed by atoms with Gasteiger partial charge in [0.1, 0.15) is 61.2 Å². The molecule has 1 aromatic rings. The van der Waals surface area contributed by atoms with Crippen molar-refractivity contribution in [1.82, 2.24) is 0 Å². The summed E-state index contributed by atoms with van der Waals surface area (Å²) in [5, 5.41) is 61.3. The molecule has 0 aliphatic carbocycles. The highest BCUT2D eigenvalue weighted by Crippen LogP contribution is 2.30. The lowest BCUT2D eigenvalue weighted by Gasteiger charge is -2.46. The highest BCUT2D eigenvalue weighted by Gasteiger charge is 2.51. The Balaban J connectivity index is 1.71. The maximum absolute atomic E-state index is 10.9. The van der Waals surface area contributed by atoms with Gasteiger partial charge in [-0.2, -0.15) is 0 Å². The lowest BCUT2D eigenvalue weighted by molar-refractivity contribution is -0.358. The first-order chi connectivity index (χ1) is 16.9. The first-order valence-corrected chi connectivity index (χ1v) is 11.8. The van der Waals surface area contributed by atoms with E-state index < -0.39 is 68.0 Å². The molecule has 12 heteroatoms. The average Bonchev–Trinajstić information content (AvgIpc) is 2.87. The van der Waals surface area contributed by atoms with Crippen LogP contribution in [0.25, 0.3) is 0 Å². The normalized spacial score (nSPS) is 37.8. The summed E-state index contributed by atoms with van der Waals surface area (Å²) in [6.45, 7) is 0.0940. The molecular formula is C23H37NO11. The number of ether oxygens (including phenoxy) is 5. The Hall–Kier alpha value is -1.42. The summed E-state index contributed by atoms with van der Waals surface area (Å²) in [5.74, 6) is 0.530. The summed E-state index contributed by atoms with van der Waals surface area (Å²) in [5.41, 5.74) is 5.49. The van der Waals surface area contributed by atoms with Crippen molar-refractivity contribution >= 4 is 0 Å². The van der Waals surface area contributed by atoms with Crippen molar-refractivity contribution < 1.29 is 54.3 Å². The van der Waals surface area contributed by atoms with Crippen molar-refractivity contribution in [2.75, 3.05) is 26.4 Å². The van der Waals surface area contributed by atoms with Crippen LogP contribution >= 0.6 is 0 Å². The molecular weight excluding hydrogens is 466 g/mol. The Morgan fingerprint density at radius 2 is 1.46 bits per heavy atom. The zero-order valence-electron chi connectivity index (χ0n) is 19.4. The molecule has 2 saturated heterocycles. The van der Waals surface area contributed by atoms with Crippen molar-refractivity contribution in [3.05, 3.63) is 30.3 Å². The molecule has 0 spiro atoms. The van der Waals surface area contributed by atoms with Crippen molar-refractivity contribution in [3.63, 3.8) is 0 Å². The number of unbranched alkanes of at least 4 members (excludes halogenated alkanes) is 2. The molecule has 200 valence electrons. The maximum atomic E-state index is 10.9. The fourth-order valence-electron chi connectivity index (χ4n) is 4.00. The van der Waals surface area contributed by atoms with Crippen LogP contribution in [0.3, 0.4) is 0 Å². The Labute approximate surface area is 203 Å². The van der Waals surface area contributed by atoms with E-state index in [9.17, 15) is 30.6 Å². The Bertz CT molecular complexity index is 727. The maximum Gasteiger partial charge on any atom is 0.187 e. The van der Waals surface area contributed by atoms with Gasteiger partial charge in [0, 0.05) is 6.61 Å². The molecule has 12 nitrogen and oxygen atoms in total. The lowest BCUT2D eigenvalue weighted by atomic mass is 9.97. The Kier molecular flexibility index (Phi) is 11.1. The van der Waals surface area contributed by atoms with Crippen molar-refractivity contribution in [2.45, 2.75) is 80.7 Å². The van der Waals surface area contributed by atoms with E-state index >= 15 is 0 Å². The second kappa shape index (κ2) is 13.8. The minimum Gasteiger partial charge on any atom is -0.491 e. The van der Waals surface area contributed by atoms with E-state index in [2.05, 4.69) is 0 Å². The molecule has 4 unspecified atom stereocenters. The van der Waals surface area contributed by atoms with Gasteiger partial charge < -0.3 is 60.1 Å². The molecule has 0 saturated carbocycles. The van der Waals surface area contributed by atoms with Gasteiger partial charge in [-0.05, 0) is 37.9 Å². The van der Waals surface area contributed by atoms with Crippen LogP contribution in [0, 0.1) is 0 Å². The average molecular weight is 504 g/mol. The number of aliphatic hydroxyl groups is 6. The molecule has 2 heterocycles. The van der Waals surface area contributed by atoms with Crippen LogP contribution in [0.5, 0.6) is 5.75 Å². The number of para-hydroxylation sites is 1. The molecule has 0 amide bonds. The third-order valence-corrected chi connectivity index (χ3v) is 6.07. The number of benzene rings is 1. The molecule has 35 heavy (non-hydrogen) atoms. The van der Waals surface area contributed by atoms with E-state index in [0.717, 1.165) is 12.8 Å². The third kappa shape index (κ3) is 7.31. The second-order valence-electron chi connectivity index (χ2n) is 8.67. The number of rotatable bonds is 12. The fraction of sp³-hybridized carbons (Fsp3) is 0.739. The summed E-state index contributed by atoms with van der Waals surface area (Å²) >= 11 is 0. The number of hydrogen-bond donors (Lipinski definition) is 7. The lowest BCUT2D eigenvalue weighted by Crippen LogP contribution is -2.65. The molecule has 2 fully saturated rings. The largest absolute Gasteiger partial charge is 0.491 e. The van der Waals surface area contributed by atoms with Crippen LogP contribution in [0.2, 0.25) is 0 Å². The quantitative estimate of drug-likeness (QED) is 0.153. The smallest absolute Gasteiger partial charge is 0.187 e.